The van der Waals surface area contributed by atoms with Crippen LogP contribution in [0.15, 0.2) is 24.3 Å². The van der Waals surface area contributed by atoms with Crippen molar-refractivity contribution < 1.29 is 9.53 Å². The zero-order valence-electron chi connectivity index (χ0n) is 12.3. The van der Waals surface area contributed by atoms with Crippen LogP contribution in [-0.4, -0.2) is 25.6 Å². The van der Waals surface area contributed by atoms with E-state index in [4.69, 9.17) is 4.74 Å². The first-order valence-corrected chi connectivity index (χ1v) is 7.36. The molecule has 0 radical (unpaired) electrons. The molecule has 1 aromatic carbocycles. The third-order valence-electron chi connectivity index (χ3n) is 3.99. The molecule has 0 aliphatic heterocycles. The third kappa shape index (κ3) is 4.23. The minimum Gasteiger partial charge on any atom is -0.497 e. The van der Waals surface area contributed by atoms with Crippen LogP contribution in [0.1, 0.15) is 32.6 Å². The molecular weight excluding hydrogens is 252 g/mol. The smallest absolute Gasteiger partial charge is 0.238 e. The van der Waals surface area contributed by atoms with Crippen LogP contribution in [0, 0.1) is 5.92 Å². The summed E-state index contributed by atoms with van der Waals surface area (Å²) in [5.41, 5.74) is 0.771. The molecule has 1 aliphatic rings. The molecule has 2 unspecified atom stereocenters. The second kappa shape index (κ2) is 7.29. The van der Waals surface area contributed by atoms with Crippen molar-refractivity contribution in [3.63, 3.8) is 0 Å². The lowest BCUT2D eigenvalue weighted by atomic mass is 9.86. The van der Waals surface area contributed by atoms with Crippen LogP contribution in [0.5, 0.6) is 5.75 Å². The summed E-state index contributed by atoms with van der Waals surface area (Å²) in [5, 5.41) is 6.27. The molecule has 0 aromatic heterocycles. The first-order valence-electron chi connectivity index (χ1n) is 7.36. The predicted molar refractivity (Wildman–Crippen MR) is 81.0 cm³/mol. The van der Waals surface area contributed by atoms with E-state index in [1.165, 1.54) is 25.7 Å². The van der Waals surface area contributed by atoms with E-state index >= 15 is 0 Å². The minimum absolute atomic E-state index is 0.00368. The molecule has 2 rings (SSSR count). The zero-order valence-corrected chi connectivity index (χ0v) is 12.3. The fraction of sp³-hybridized carbons (Fsp3) is 0.562. The Kier molecular flexibility index (Phi) is 5.41. The van der Waals surface area contributed by atoms with Gasteiger partial charge in [-0.1, -0.05) is 25.8 Å². The van der Waals surface area contributed by atoms with Crippen molar-refractivity contribution >= 4 is 11.6 Å². The lowest BCUT2D eigenvalue weighted by Crippen LogP contribution is -2.41. The van der Waals surface area contributed by atoms with Crippen molar-refractivity contribution in [1.29, 1.82) is 0 Å². The van der Waals surface area contributed by atoms with Crippen molar-refractivity contribution in [1.82, 2.24) is 5.32 Å². The number of carbonyl (C=O) groups excluding carboxylic acids is 1. The molecule has 110 valence electrons. The highest BCUT2D eigenvalue weighted by Crippen LogP contribution is 2.23. The van der Waals surface area contributed by atoms with Gasteiger partial charge in [-0.15, -0.1) is 0 Å². The lowest BCUT2D eigenvalue weighted by molar-refractivity contribution is -0.115. The quantitative estimate of drug-likeness (QED) is 0.869. The molecule has 0 spiro atoms. The first kappa shape index (κ1) is 14.9. The second-order valence-electron chi connectivity index (χ2n) is 5.53. The molecule has 0 saturated heterocycles. The summed E-state index contributed by atoms with van der Waals surface area (Å²) in [5.74, 6) is 1.40. The van der Waals surface area contributed by atoms with Gasteiger partial charge in [0.2, 0.25) is 5.91 Å². The molecule has 2 atom stereocenters. The predicted octanol–water partition coefficient (Wildman–Crippen LogP) is 2.80. The van der Waals surface area contributed by atoms with Gasteiger partial charge >= 0.3 is 0 Å². The van der Waals surface area contributed by atoms with E-state index in [-0.39, 0.29) is 5.91 Å². The summed E-state index contributed by atoms with van der Waals surface area (Å²) in [6, 6.07) is 7.88. The number of hydrogen-bond acceptors (Lipinski definition) is 3. The van der Waals surface area contributed by atoms with Gasteiger partial charge in [0.15, 0.2) is 0 Å². The van der Waals surface area contributed by atoms with Crippen molar-refractivity contribution in [3.05, 3.63) is 24.3 Å². The second-order valence-corrected chi connectivity index (χ2v) is 5.53. The zero-order chi connectivity index (χ0) is 14.4. The lowest BCUT2D eigenvalue weighted by Gasteiger charge is -2.29. The number of ether oxygens (including phenoxy) is 1. The monoisotopic (exact) mass is 276 g/mol. The van der Waals surface area contributed by atoms with Crippen LogP contribution < -0.4 is 15.4 Å². The molecule has 4 heteroatoms. The van der Waals surface area contributed by atoms with E-state index in [0.29, 0.717) is 18.5 Å². The summed E-state index contributed by atoms with van der Waals surface area (Å²) in [6.07, 6.45) is 5.01. The Bertz CT molecular complexity index is 448. The highest BCUT2D eigenvalue weighted by molar-refractivity contribution is 5.92. The molecule has 2 N–H and O–H groups in total. The average molecular weight is 276 g/mol. The van der Waals surface area contributed by atoms with Gasteiger partial charge in [0.1, 0.15) is 5.75 Å². The van der Waals surface area contributed by atoms with Crippen LogP contribution in [0.2, 0.25) is 0 Å². The van der Waals surface area contributed by atoms with Gasteiger partial charge in [0.05, 0.1) is 13.7 Å². The molecule has 1 amide bonds. The Morgan fingerprint density at radius 3 is 2.90 bits per heavy atom. The number of methoxy groups -OCH3 is 1. The normalized spacial score (nSPS) is 22.3. The number of hydrogen-bond donors (Lipinski definition) is 2. The number of rotatable bonds is 5. The molecule has 1 saturated carbocycles. The fourth-order valence-corrected chi connectivity index (χ4v) is 2.75. The maximum absolute atomic E-state index is 11.9. The molecule has 1 aromatic rings. The number of anilines is 1. The highest BCUT2D eigenvalue weighted by Gasteiger charge is 2.21. The van der Waals surface area contributed by atoms with Crippen LogP contribution in [0.4, 0.5) is 5.69 Å². The van der Waals surface area contributed by atoms with Crippen LogP contribution in [-0.2, 0) is 4.79 Å². The molecule has 20 heavy (non-hydrogen) atoms. The number of benzene rings is 1. The van der Waals surface area contributed by atoms with E-state index in [0.717, 1.165) is 11.4 Å². The number of nitrogens with one attached hydrogen (secondary N) is 2. The Balaban J connectivity index is 1.79. The van der Waals surface area contributed by atoms with Gasteiger partial charge in [0, 0.05) is 17.8 Å². The van der Waals surface area contributed by atoms with E-state index in [1.54, 1.807) is 7.11 Å². The van der Waals surface area contributed by atoms with Gasteiger partial charge in [0.25, 0.3) is 0 Å². The largest absolute Gasteiger partial charge is 0.497 e. The van der Waals surface area contributed by atoms with Crippen LogP contribution >= 0.6 is 0 Å². The highest BCUT2D eigenvalue weighted by atomic mass is 16.5. The summed E-state index contributed by atoms with van der Waals surface area (Å²) in [4.78, 5) is 11.9. The van der Waals surface area contributed by atoms with Gasteiger partial charge in [-0.25, -0.2) is 0 Å². The van der Waals surface area contributed by atoms with Crippen molar-refractivity contribution in [2.45, 2.75) is 38.6 Å². The maximum Gasteiger partial charge on any atom is 0.238 e. The summed E-state index contributed by atoms with van der Waals surface area (Å²) >= 11 is 0. The Morgan fingerprint density at radius 2 is 2.15 bits per heavy atom. The SMILES string of the molecule is COc1cccc(NC(=O)CNC2CCCCC2C)c1. The molecule has 1 aliphatic carbocycles. The minimum atomic E-state index is -0.00368. The van der Waals surface area contributed by atoms with Gasteiger partial charge < -0.3 is 15.4 Å². The fourth-order valence-electron chi connectivity index (χ4n) is 2.75. The Labute approximate surface area is 120 Å². The maximum atomic E-state index is 11.9. The van der Waals surface area contributed by atoms with Crippen LogP contribution in [0.25, 0.3) is 0 Å². The third-order valence-corrected chi connectivity index (χ3v) is 3.99. The molecule has 1 fully saturated rings. The Hall–Kier alpha value is -1.55. The van der Waals surface area contributed by atoms with E-state index in [9.17, 15) is 4.79 Å². The molecule has 4 nitrogen and oxygen atoms in total. The summed E-state index contributed by atoms with van der Waals surface area (Å²) < 4.78 is 5.14. The van der Waals surface area contributed by atoms with Crippen molar-refractivity contribution in [2.75, 3.05) is 19.0 Å². The van der Waals surface area contributed by atoms with Gasteiger partial charge in [-0.2, -0.15) is 0 Å². The molecule has 0 heterocycles. The summed E-state index contributed by atoms with van der Waals surface area (Å²) in [6.45, 7) is 2.63. The average Bonchev–Trinajstić information content (AvgIpc) is 2.46. The Morgan fingerprint density at radius 1 is 1.35 bits per heavy atom. The molecular formula is C16H24N2O2. The van der Waals surface area contributed by atoms with E-state index < -0.39 is 0 Å². The van der Waals surface area contributed by atoms with Crippen molar-refractivity contribution in [3.8, 4) is 5.75 Å². The summed E-state index contributed by atoms with van der Waals surface area (Å²) in [7, 11) is 1.62. The van der Waals surface area contributed by atoms with Gasteiger partial charge in [-0.05, 0) is 30.9 Å². The number of carbonyl (C=O) groups is 1. The number of amides is 1. The van der Waals surface area contributed by atoms with Crippen LogP contribution in [0.3, 0.4) is 0 Å². The topological polar surface area (TPSA) is 50.4 Å². The molecule has 0 bridgehead atoms. The standard InChI is InChI=1S/C16H24N2O2/c1-12-6-3-4-9-15(12)17-11-16(19)18-13-7-5-8-14(10-13)20-2/h5,7-8,10,12,15,17H,3-4,6,9,11H2,1-2H3,(H,18,19). The first-order chi connectivity index (χ1) is 9.69. The van der Waals surface area contributed by atoms with E-state index in [2.05, 4.69) is 17.6 Å². The van der Waals surface area contributed by atoms with E-state index in [1.807, 2.05) is 24.3 Å². The van der Waals surface area contributed by atoms with Crippen molar-refractivity contribution in [2.24, 2.45) is 5.92 Å². The van der Waals surface area contributed by atoms with Gasteiger partial charge in [-0.3, -0.25) is 4.79 Å².